The van der Waals surface area contributed by atoms with Gasteiger partial charge in [0.25, 0.3) is 0 Å². The lowest BCUT2D eigenvalue weighted by atomic mass is 9.96. The minimum atomic E-state index is -0.666. The first-order valence-corrected chi connectivity index (χ1v) is 7.01. The molecule has 3 rings (SSSR count). The predicted octanol–water partition coefficient (Wildman–Crippen LogP) is 1.11. The molecule has 0 bridgehead atoms. The summed E-state index contributed by atoms with van der Waals surface area (Å²) in [5, 5.41) is 0. The molecule has 2 amide bonds. The van der Waals surface area contributed by atoms with Crippen LogP contribution in [0.4, 0.5) is 0 Å². The van der Waals surface area contributed by atoms with Gasteiger partial charge in [0.2, 0.25) is 11.8 Å². The van der Waals surface area contributed by atoms with Crippen molar-refractivity contribution in [2.24, 2.45) is 17.8 Å². The number of fused-ring (bicyclic) bond motifs is 1. The molecule has 18 heavy (non-hydrogen) atoms. The van der Waals surface area contributed by atoms with Gasteiger partial charge in [-0.15, -0.1) is 0 Å². The average molecular weight is 250 g/mol. The zero-order valence-corrected chi connectivity index (χ0v) is 11.5. The molecule has 0 spiro atoms. The molecule has 4 heteroatoms. The summed E-state index contributed by atoms with van der Waals surface area (Å²) >= 11 is 0. The van der Waals surface area contributed by atoms with Gasteiger partial charge in [0.05, 0.1) is 0 Å². The fourth-order valence-corrected chi connectivity index (χ4v) is 3.97. The zero-order valence-electron chi connectivity index (χ0n) is 11.5. The molecule has 2 saturated carbocycles. The van der Waals surface area contributed by atoms with E-state index in [1.807, 2.05) is 25.8 Å². The molecular weight excluding hydrogens is 228 g/mol. The number of piperazine rings is 1. The van der Waals surface area contributed by atoms with Crippen LogP contribution in [0.15, 0.2) is 0 Å². The van der Waals surface area contributed by atoms with E-state index >= 15 is 0 Å². The minimum absolute atomic E-state index is 0.0629. The van der Waals surface area contributed by atoms with Crippen molar-refractivity contribution in [2.45, 2.75) is 38.6 Å². The smallest absolute Gasteiger partial charge is 0.247 e. The fourth-order valence-electron chi connectivity index (χ4n) is 3.97. The molecule has 0 unspecified atom stereocenters. The molecule has 0 aromatic heterocycles. The molecule has 1 aliphatic heterocycles. The van der Waals surface area contributed by atoms with Crippen molar-refractivity contribution in [3.05, 3.63) is 0 Å². The largest absolute Gasteiger partial charge is 0.342 e. The third-order valence-corrected chi connectivity index (χ3v) is 5.16. The van der Waals surface area contributed by atoms with E-state index in [1.165, 1.54) is 19.3 Å². The van der Waals surface area contributed by atoms with Crippen LogP contribution >= 0.6 is 0 Å². The Morgan fingerprint density at radius 1 is 1.22 bits per heavy atom. The standard InChI is InChI=1S/C14H22N2O2/c1-14(2)13(18)15(3)7-8-16(14)12(17)11-9-5-4-6-10(9)11/h9-11H,4-8H2,1-3H3/t9-,10-/m0/s1. The first kappa shape index (κ1) is 12.0. The molecule has 0 aromatic carbocycles. The second kappa shape index (κ2) is 3.72. The number of hydrogen-bond acceptors (Lipinski definition) is 2. The number of likely N-dealkylation sites (N-methyl/N-ethyl adjacent to an activating group) is 1. The van der Waals surface area contributed by atoms with Gasteiger partial charge in [0, 0.05) is 26.1 Å². The summed E-state index contributed by atoms with van der Waals surface area (Å²) in [6, 6.07) is 0. The van der Waals surface area contributed by atoms with E-state index in [-0.39, 0.29) is 17.7 Å². The molecule has 1 heterocycles. The number of amides is 2. The van der Waals surface area contributed by atoms with Crippen molar-refractivity contribution in [3.8, 4) is 0 Å². The molecule has 1 saturated heterocycles. The lowest BCUT2D eigenvalue weighted by Crippen LogP contribution is -2.64. The maximum Gasteiger partial charge on any atom is 0.247 e. The molecule has 0 N–H and O–H groups in total. The normalized spacial score (nSPS) is 37.7. The second-order valence-electron chi connectivity index (χ2n) is 6.56. The molecule has 3 aliphatic rings. The highest BCUT2D eigenvalue weighted by atomic mass is 16.2. The molecule has 2 atom stereocenters. The van der Waals surface area contributed by atoms with E-state index in [0.29, 0.717) is 24.9 Å². The van der Waals surface area contributed by atoms with Crippen molar-refractivity contribution >= 4 is 11.8 Å². The molecule has 0 radical (unpaired) electrons. The summed E-state index contributed by atoms with van der Waals surface area (Å²) in [5.41, 5.74) is -0.666. The summed E-state index contributed by atoms with van der Waals surface area (Å²) in [6.07, 6.45) is 3.70. The van der Waals surface area contributed by atoms with Crippen LogP contribution in [0.5, 0.6) is 0 Å². The van der Waals surface area contributed by atoms with Crippen molar-refractivity contribution in [1.82, 2.24) is 9.80 Å². The van der Waals surface area contributed by atoms with Gasteiger partial charge in [0.15, 0.2) is 0 Å². The van der Waals surface area contributed by atoms with Gasteiger partial charge in [-0.25, -0.2) is 0 Å². The Balaban J connectivity index is 1.76. The lowest BCUT2D eigenvalue weighted by Gasteiger charge is -2.45. The van der Waals surface area contributed by atoms with Crippen molar-refractivity contribution in [2.75, 3.05) is 20.1 Å². The zero-order chi connectivity index (χ0) is 13.1. The van der Waals surface area contributed by atoms with E-state index in [0.717, 1.165) is 0 Å². The Morgan fingerprint density at radius 2 is 1.83 bits per heavy atom. The first-order chi connectivity index (χ1) is 8.44. The third-order valence-electron chi connectivity index (χ3n) is 5.16. The van der Waals surface area contributed by atoms with E-state index in [4.69, 9.17) is 0 Å². The number of rotatable bonds is 1. The molecule has 2 aliphatic carbocycles. The third kappa shape index (κ3) is 1.50. The highest BCUT2D eigenvalue weighted by Gasteiger charge is 2.59. The Labute approximate surface area is 108 Å². The van der Waals surface area contributed by atoms with Gasteiger partial charge in [-0.1, -0.05) is 6.42 Å². The Morgan fingerprint density at radius 3 is 2.44 bits per heavy atom. The van der Waals surface area contributed by atoms with E-state index in [9.17, 15) is 9.59 Å². The van der Waals surface area contributed by atoms with Crippen molar-refractivity contribution in [1.29, 1.82) is 0 Å². The fraction of sp³-hybridized carbons (Fsp3) is 0.857. The van der Waals surface area contributed by atoms with Crippen LogP contribution in [-0.2, 0) is 9.59 Å². The van der Waals surface area contributed by atoms with Crippen LogP contribution in [0.1, 0.15) is 33.1 Å². The van der Waals surface area contributed by atoms with Crippen LogP contribution in [-0.4, -0.2) is 47.3 Å². The summed E-state index contributed by atoms with van der Waals surface area (Å²) in [5.74, 6) is 1.78. The van der Waals surface area contributed by atoms with Crippen LogP contribution < -0.4 is 0 Å². The predicted molar refractivity (Wildman–Crippen MR) is 67.8 cm³/mol. The second-order valence-corrected chi connectivity index (χ2v) is 6.56. The van der Waals surface area contributed by atoms with Crippen molar-refractivity contribution in [3.63, 3.8) is 0 Å². The quantitative estimate of drug-likeness (QED) is 0.699. The Hall–Kier alpha value is -1.06. The number of carbonyl (C=O) groups is 2. The summed E-state index contributed by atoms with van der Waals surface area (Å²) in [6.45, 7) is 5.10. The number of hydrogen-bond donors (Lipinski definition) is 0. The lowest BCUT2D eigenvalue weighted by molar-refractivity contribution is -0.158. The maximum atomic E-state index is 12.6. The maximum absolute atomic E-state index is 12.6. The highest BCUT2D eigenvalue weighted by molar-refractivity contribution is 5.93. The minimum Gasteiger partial charge on any atom is -0.342 e. The number of nitrogens with zero attached hydrogens (tertiary/aromatic N) is 2. The molecule has 0 aromatic rings. The summed E-state index contributed by atoms with van der Waals surface area (Å²) < 4.78 is 0. The molecule has 3 fully saturated rings. The molecule has 4 nitrogen and oxygen atoms in total. The summed E-state index contributed by atoms with van der Waals surface area (Å²) in [7, 11) is 1.82. The van der Waals surface area contributed by atoms with E-state index < -0.39 is 5.54 Å². The summed E-state index contributed by atoms with van der Waals surface area (Å²) in [4.78, 5) is 28.3. The monoisotopic (exact) mass is 250 g/mol. The van der Waals surface area contributed by atoms with Crippen LogP contribution in [0.2, 0.25) is 0 Å². The van der Waals surface area contributed by atoms with Crippen LogP contribution in [0.3, 0.4) is 0 Å². The van der Waals surface area contributed by atoms with Crippen molar-refractivity contribution < 1.29 is 9.59 Å². The molecular formula is C14H22N2O2. The number of carbonyl (C=O) groups excluding carboxylic acids is 2. The Bertz CT molecular complexity index is 395. The van der Waals surface area contributed by atoms with Gasteiger partial charge in [-0.3, -0.25) is 9.59 Å². The van der Waals surface area contributed by atoms with Gasteiger partial charge in [0.1, 0.15) is 5.54 Å². The SMILES string of the molecule is CN1CCN(C(=O)C2[C@H]3CCC[C@H]23)C(C)(C)C1=O. The Kier molecular flexibility index (Phi) is 2.48. The van der Waals surface area contributed by atoms with Gasteiger partial charge in [-0.2, -0.15) is 0 Å². The van der Waals surface area contributed by atoms with Gasteiger partial charge < -0.3 is 9.80 Å². The van der Waals surface area contributed by atoms with Gasteiger partial charge >= 0.3 is 0 Å². The topological polar surface area (TPSA) is 40.6 Å². The average Bonchev–Trinajstić information content (AvgIpc) is 2.79. The molecule has 100 valence electrons. The first-order valence-electron chi connectivity index (χ1n) is 7.01. The van der Waals surface area contributed by atoms with E-state index in [1.54, 1.807) is 4.90 Å². The highest BCUT2D eigenvalue weighted by Crippen LogP contribution is 2.58. The van der Waals surface area contributed by atoms with Crippen LogP contribution in [0.25, 0.3) is 0 Å². The van der Waals surface area contributed by atoms with E-state index in [2.05, 4.69) is 0 Å². The van der Waals surface area contributed by atoms with Gasteiger partial charge in [-0.05, 0) is 38.5 Å². The van der Waals surface area contributed by atoms with Crippen LogP contribution in [0, 0.1) is 17.8 Å².